The van der Waals surface area contributed by atoms with Crippen LogP contribution in [0, 0.1) is 0 Å². The number of hydrogen-bond acceptors (Lipinski definition) is 6. The molecular formula is C18H22N4O5. The van der Waals surface area contributed by atoms with Gasteiger partial charge in [0.15, 0.2) is 18.1 Å². The SMILES string of the molecule is COc1ccccc1OCC(=O)N1CCN(C(=O)C2=NNC(=O)CC2)CC1. The number of amides is 3. The molecule has 1 saturated heterocycles. The molecule has 0 atom stereocenters. The number of para-hydroxylation sites is 2. The number of ether oxygens (including phenoxy) is 2. The Bertz CT molecular complexity index is 756. The van der Waals surface area contributed by atoms with E-state index in [4.69, 9.17) is 9.47 Å². The van der Waals surface area contributed by atoms with E-state index in [0.717, 1.165) is 0 Å². The Morgan fingerprint density at radius 1 is 1.07 bits per heavy atom. The van der Waals surface area contributed by atoms with E-state index in [-0.39, 0.29) is 30.7 Å². The fraction of sp³-hybridized carbons (Fsp3) is 0.444. The molecule has 2 aliphatic heterocycles. The number of carbonyl (C=O) groups excluding carboxylic acids is 3. The summed E-state index contributed by atoms with van der Waals surface area (Å²) in [6, 6.07) is 7.14. The third-order valence-electron chi connectivity index (χ3n) is 4.49. The van der Waals surface area contributed by atoms with Crippen LogP contribution in [0.3, 0.4) is 0 Å². The highest BCUT2D eigenvalue weighted by atomic mass is 16.5. The van der Waals surface area contributed by atoms with E-state index in [1.165, 1.54) is 0 Å². The van der Waals surface area contributed by atoms with Crippen LogP contribution in [0.25, 0.3) is 0 Å². The van der Waals surface area contributed by atoms with E-state index in [0.29, 0.717) is 49.8 Å². The molecule has 9 heteroatoms. The summed E-state index contributed by atoms with van der Waals surface area (Å²) in [7, 11) is 1.54. The number of nitrogens with one attached hydrogen (secondary N) is 1. The van der Waals surface area contributed by atoms with Gasteiger partial charge in [0, 0.05) is 39.0 Å². The van der Waals surface area contributed by atoms with Crippen molar-refractivity contribution in [3.8, 4) is 11.5 Å². The van der Waals surface area contributed by atoms with Gasteiger partial charge in [-0.25, -0.2) is 5.43 Å². The molecule has 0 radical (unpaired) electrons. The van der Waals surface area contributed by atoms with Crippen molar-refractivity contribution >= 4 is 23.4 Å². The summed E-state index contributed by atoms with van der Waals surface area (Å²) in [6.07, 6.45) is 0.611. The second kappa shape index (κ2) is 8.52. The van der Waals surface area contributed by atoms with Crippen LogP contribution in [0.15, 0.2) is 29.4 Å². The second-order valence-electron chi connectivity index (χ2n) is 6.21. The van der Waals surface area contributed by atoms with Gasteiger partial charge in [0.2, 0.25) is 5.91 Å². The zero-order valence-corrected chi connectivity index (χ0v) is 15.1. The summed E-state index contributed by atoms with van der Waals surface area (Å²) >= 11 is 0. The predicted octanol–water partition coefficient (Wildman–Crippen LogP) is 0.0108. The van der Waals surface area contributed by atoms with E-state index >= 15 is 0 Å². The number of carbonyl (C=O) groups is 3. The van der Waals surface area contributed by atoms with Crippen molar-refractivity contribution in [1.29, 1.82) is 0 Å². The zero-order chi connectivity index (χ0) is 19.2. The van der Waals surface area contributed by atoms with Gasteiger partial charge in [-0.05, 0) is 12.1 Å². The van der Waals surface area contributed by atoms with Gasteiger partial charge in [0.1, 0.15) is 5.71 Å². The Balaban J connectivity index is 1.48. The van der Waals surface area contributed by atoms with Crippen LogP contribution in [0.5, 0.6) is 11.5 Å². The molecule has 2 aliphatic rings. The van der Waals surface area contributed by atoms with Gasteiger partial charge in [0.05, 0.1) is 7.11 Å². The van der Waals surface area contributed by atoms with E-state index < -0.39 is 0 Å². The smallest absolute Gasteiger partial charge is 0.270 e. The molecule has 1 aromatic rings. The maximum atomic E-state index is 12.4. The minimum absolute atomic E-state index is 0.0902. The topological polar surface area (TPSA) is 101 Å². The molecular weight excluding hydrogens is 352 g/mol. The van der Waals surface area contributed by atoms with Gasteiger partial charge in [0.25, 0.3) is 11.8 Å². The third-order valence-corrected chi connectivity index (χ3v) is 4.49. The van der Waals surface area contributed by atoms with Gasteiger partial charge in [-0.2, -0.15) is 5.10 Å². The summed E-state index contributed by atoms with van der Waals surface area (Å²) in [5.74, 6) is 0.570. The summed E-state index contributed by atoms with van der Waals surface area (Å²) in [5, 5.41) is 3.83. The van der Waals surface area contributed by atoms with Gasteiger partial charge in [-0.1, -0.05) is 12.1 Å². The average Bonchev–Trinajstić information content (AvgIpc) is 2.72. The Morgan fingerprint density at radius 2 is 1.74 bits per heavy atom. The molecule has 1 fully saturated rings. The van der Waals surface area contributed by atoms with Crippen LogP contribution in [0.4, 0.5) is 0 Å². The molecule has 9 nitrogen and oxygen atoms in total. The lowest BCUT2D eigenvalue weighted by atomic mass is 10.1. The van der Waals surface area contributed by atoms with Crippen molar-refractivity contribution in [3.05, 3.63) is 24.3 Å². The quantitative estimate of drug-likeness (QED) is 0.783. The normalized spacial score (nSPS) is 17.1. The molecule has 0 unspecified atom stereocenters. The molecule has 2 heterocycles. The van der Waals surface area contributed by atoms with Gasteiger partial charge >= 0.3 is 0 Å². The molecule has 3 amide bonds. The van der Waals surface area contributed by atoms with E-state index in [2.05, 4.69) is 10.5 Å². The lowest BCUT2D eigenvalue weighted by Crippen LogP contribution is -2.53. The first-order chi connectivity index (χ1) is 13.1. The monoisotopic (exact) mass is 374 g/mol. The summed E-state index contributed by atoms with van der Waals surface area (Å²) in [5.41, 5.74) is 2.69. The van der Waals surface area contributed by atoms with Crippen LogP contribution in [0.1, 0.15) is 12.8 Å². The molecule has 0 bridgehead atoms. The number of rotatable bonds is 5. The molecule has 0 spiro atoms. The number of hydrogen-bond donors (Lipinski definition) is 1. The zero-order valence-electron chi connectivity index (χ0n) is 15.1. The van der Waals surface area contributed by atoms with Crippen molar-refractivity contribution in [1.82, 2.24) is 15.2 Å². The molecule has 27 heavy (non-hydrogen) atoms. The van der Waals surface area contributed by atoms with Crippen LogP contribution in [-0.4, -0.2) is 73.1 Å². The Kier molecular flexibility index (Phi) is 5.90. The molecule has 0 aliphatic carbocycles. The number of methoxy groups -OCH3 is 1. The largest absolute Gasteiger partial charge is 0.493 e. The van der Waals surface area contributed by atoms with Crippen LogP contribution < -0.4 is 14.9 Å². The minimum Gasteiger partial charge on any atom is -0.493 e. The van der Waals surface area contributed by atoms with Crippen LogP contribution in [0.2, 0.25) is 0 Å². The number of benzene rings is 1. The first-order valence-corrected chi connectivity index (χ1v) is 8.76. The average molecular weight is 374 g/mol. The van der Waals surface area contributed by atoms with Gasteiger partial charge < -0.3 is 19.3 Å². The van der Waals surface area contributed by atoms with Crippen molar-refractivity contribution in [3.63, 3.8) is 0 Å². The van der Waals surface area contributed by atoms with Crippen molar-refractivity contribution in [2.45, 2.75) is 12.8 Å². The molecule has 1 N–H and O–H groups in total. The van der Waals surface area contributed by atoms with Crippen molar-refractivity contribution < 1.29 is 23.9 Å². The Labute approximate surface area is 156 Å². The third kappa shape index (κ3) is 4.55. The fourth-order valence-corrected chi connectivity index (χ4v) is 2.94. The molecule has 144 valence electrons. The molecule has 3 rings (SSSR count). The number of hydrazone groups is 1. The maximum Gasteiger partial charge on any atom is 0.270 e. The molecule has 1 aromatic carbocycles. The molecule has 0 saturated carbocycles. The summed E-state index contributed by atoms with van der Waals surface area (Å²) < 4.78 is 10.8. The van der Waals surface area contributed by atoms with Crippen LogP contribution in [-0.2, 0) is 14.4 Å². The first kappa shape index (κ1) is 18.7. The lowest BCUT2D eigenvalue weighted by molar-refractivity contribution is -0.138. The highest BCUT2D eigenvalue weighted by Gasteiger charge is 2.28. The predicted molar refractivity (Wildman–Crippen MR) is 96.5 cm³/mol. The standard InChI is InChI=1S/C18H22N4O5/c1-26-14-4-2-3-5-15(14)27-12-17(24)21-8-10-22(11-9-21)18(25)13-6-7-16(23)20-19-13/h2-5H,6-12H2,1H3,(H,20,23). The summed E-state index contributed by atoms with van der Waals surface area (Å²) in [6.45, 7) is 1.62. The van der Waals surface area contributed by atoms with Crippen molar-refractivity contribution in [2.24, 2.45) is 5.10 Å². The summed E-state index contributed by atoms with van der Waals surface area (Å²) in [4.78, 5) is 39.2. The highest BCUT2D eigenvalue weighted by molar-refractivity contribution is 6.39. The van der Waals surface area contributed by atoms with Gasteiger partial charge in [-0.15, -0.1) is 0 Å². The maximum absolute atomic E-state index is 12.4. The fourth-order valence-electron chi connectivity index (χ4n) is 2.94. The van der Waals surface area contributed by atoms with Crippen LogP contribution >= 0.6 is 0 Å². The Morgan fingerprint density at radius 3 is 2.37 bits per heavy atom. The van der Waals surface area contributed by atoms with E-state index in [1.54, 1.807) is 29.0 Å². The minimum atomic E-state index is -0.188. The van der Waals surface area contributed by atoms with Gasteiger partial charge in [-0.3, -0.25) is 14.4 Å². The van der Waals surface area contributed by atoms with E-state index in [1.807, 2.05) is 12.1 Å². The number of piperazine rings is 1. The first-order valence-electron chi connectivity index (χ1n) is 8.76. The van der Waals surface area contributed by atoms with E-state index in [9.17, 15) is 14.4 Å². The van der Waals surface area contributed by atoms with Crippen molar-refractivity contribution in [2.75, 3.05) is 39.9 Å². The number of nitrogens with zero attached hydrogens (tertiary/aromatic N) is 3. The Hall–Kier alpha value is -3.10. The molecule has 0 aromatic heterocycles. The highest BCUT2D eigenvalue weighted by Crippen LogP contribution is 2.25. The second-order valence-corrected chi connectivity index (χ2v) is 6.21. The lowest BCUT2D eigenvalue weighted by Gasteiger charge is -2.35.